The van der Waals surface area contributed by atoms with Crippen LogP contribution < -0.4 is 4.90 Å². The first-order valence-corrected chi connectivity index (χ1v) is 8.64. The Balaban J connectivity index is 1.84. The molecule has 0 amide bonds. The van der Waals surface area contributed by atoms with Crippen LogP contribution in [0.15, 0.2) is 24.5 Å². The van der Waals surface area contributed by atoms with Crippen LogP contribution in [0.3, 0.4) is 0 Å². The number of methoxy groups -OCH3 is 1. The van der Waals surface area contributed by atoms with Gasteiger partial charge in [-0.3, -0.25) is 0 Å². The van der Waals surface area contributed by atoms with Crippen molar-refractivity contribution in [3.05, 3.63) is 35.4 Å². The van der Waals surface area contributed by atoms with Crippen LogP contribution in [0.2, 0.25) is 5.15 Å². The van der Waals surface area contributed by atoms with Crippen LogP contribution in [0.25, 0.3) is 16.9 Å². The molecule has 1 aliphatic heterocycles. The smallest absolute Gasteiger partial charge is 0.287 e. The van der Waals surface area contributed by atoms with Crippen LogP contribution in [0.5, 0.6) is 0 Å². The first kappa shape index (κ1) is 18.0. The maximum absolute atomic E-state index is 13.7. The fourth-order valence-corrected chi connectivity index (χ4v) is 3.24. The zero-order valence-electron chi connectivity index (χ0n) is 14.9. The Hall–Kier alpha value is -2.39. The predicted molar refractivity (Wildman–Crippen MR) is 96.7 cm³/mol. The van der Waals surface area contributed by atoms with Gasteiger partial charge >= 0.3 is 0 Å². The van der Waals surface area contributed by atoms with E-state index in [9.17, 15) is 8.78 Å². The lowest BCUT2D eigenvalue weighted by Gasteiger charge is -2.47. The van der Waals surface area contributed by atoms with Crippen LogP contribution in [-0.4, -0.2) is 50.5 Å². The lowest BCUT2D eigenvalue weighted by Crippen LogP contribution is -2.61. The molecule has 10 heteroatoms. The van der Waals surface area contributed by atoms with Crippen LogP contribution in [-0.2, 0) is 10.7 Å². The molecule has 0 N–H and O–H groups in total. The predicted octanol–water partition coefficient (Wildman–Crippen LogP) is 3.20. The van der Waals surface area contributed by atoms with Crippen molar-refractivity contribution in [2.75, 3.05) is 25.1 Å². The standard InChI is InChI=1S/C17H17ClF2N6O/c1-16(27-3)8-25(9-16)14-10-7-22-13(18)6-11(10)26(24-14)15-21-5-4-12(23-15)17(2,19)20/h4-7H,8-9H2,1-3H3. The maximum Gasteiger partial charge on any atom is 0.287 e. The first-order chi connectivity index (χ1) is 12.7. The van der Waals surface area contributed by atoms with Gasteiger partial charge in [-0.15, -0.1) is 5.10 Å². The van der Waals surface area contributed by atoms with E-state index in [1.54, 1.807) is 19.4 Å². The van der Waals surface area contributed by atoms with Crippen molar-refractivity contribution < 1.29 is 13.5 Å². The number of hydrogen-bond acceptors (Lipinski definition) is 6. The molecule has 7 nitrogen and oxygen atoms in total. The number of anilines is 1. The van der Waals surface area contributed by atoms with Crippen molar-refractivity contribution >= 4 is 28.3 Å². The van der Waals surface area contributed by atoms with E-state index >= 15 is 0 Å². The molecule has 142 valence electrons. The van der Waals surface area contributed by atoms with Crippen molar-refractivity contribution in [1.82, 2.24) is 24.7 Å². The third-order valence-electron chi connectivity index (χ3n) is 4.64. The second-order valence-corrected chi connectivity index (χ2v) is 7.29. The molecule has 0 aliphatic carbocycles. The summed E-state index contributed by atoms with van der Waals surface area (Å²) in [4.78, 5) is 14.2. The molecule has 27 heavy (non-hydrogen) atoms. The number of alkyl halides is 2. The highest BCUT2D eigenvalue weighted by molar-refractivity contribution is 6.30. The van der Waals surface area contributed by atoms with Gasteiger partial charge in [-0.2, -0.15) is 13.5 Å². The van der Waals surface area contributed by atoms with E-state index in [4.69, 9.17) is 16.3 Å². The summed E-state index contributed by atoms with van der Waals surface area (Å²) in [6.45, 7) is 4.09. The Morgan fingerprint density at radius 2 is 2.04 bits per heavy atom. The maximum atomic E-state index is 13.7. The molecule has 0 unspecified atom stereocenters. The molecule has 0 radical (unpaired) electrons. The molecule has 4 heterocycles. The van der Waals surface area contributed by atoms with Gasteiger partial charge in [-0.25, -0.2) is 15.0 Å². The van der Waals surface area contributed by atoms with Gasteiger partial charge in [0.15, 0.2) is 5.82 Å². The van der Waals surface area contributed by atoms with Crippen LogP contribution >= 0.6 is 11.6 Å². The van der Waals surface area contributed by atoms with Gasteiger partial charge < -0.3 is 9.64 Å². The zero-order valence-corrected chi connectivity index (χ0v) is 15.7. The highest BCUT2D eigenvalue weighted by atomic mass is 35.5. The van der Waals surface area contributed by atoms with Gasteiger partial charge in [0.2, 0.25) is 0 Å². The van der Waals surface area contributed by atoms with Gasteiger partial charge in [0.05, 0.1) is 29.6 Å². The van der Waals surface area contributed by atoms with E-state index in [1.165, 1.54) is 16.9 Å². The van der Waals surface area contributed by atoms with E-state index in [-0.39, 0.29) is 22.4 Å². The minimum absolute atomic E-state index is 0.0440. The number of nitrogens with zero attached hydrogens (tertiary/aromatic N) is 6. The molecule has 0 atom stereocenters. The molecule has 0 bridgehead atoms. The monoisotopic (exact) mass is 394 g/mol. The van der Waals surface area contributed by atoms with E-state index in [0.717, 1.165) is 12.3 Å². The summed E-state index contributed by atoms with van der Waals surface area (Å²) in [5.74, 6) is -2.39. The lowest BCUT2D eigenvalue weighted by atomic mass is 9.96. The molecule has 3 aromatic heterocycles. The highest BCUT2D eigenvalue weighted by Gasteiger charge is 2.41. The molecule has 0 saturated carbocycles. The minimum Gasteiger partial charge on any atom is -0.375 e. The lowest BCUT2D eigenvalue weighted by molar-refractivity contribution is -0.0170. The van der Waals surface area contributed by atoms with E-state index in [0.29, 0.717) is 24.4 Å². The number of ether oxygens (including phenoxy) is 1. The SMILES string of the molecule is COC1(C)CN(c2nn(-c3nccc(C(C)(F)F)n3)c3cc(Cl)ncc23)C1. The summed E-state index contributed by atoms with van der Waals surface area (Å²) in [5.41, 5.74) is -0.0437. The molecule has 1 fully saturated rings. The summed E-state index contributed by atoms with van der Waals surface area (Å²) in [6, 6.07) is 2.80. The van der Waals surface area contributed by atoms with Crippen molar-refractivity contribution in [2.45, 2.75) is 25.4 Å². The first-order valence-electron chi connectivity index (χ1n) is 8.26. The Morgan fingerprint density at radius 1 is 1.30 bits per heavy atom. The van der Waals surface area contributed by atoms with Crippen molar-refractivity contribution in [2.24, 2.45) is 0 Å². The number of hydrogen-bond donors (Lipinski definition) is 0. The molecule has 3 aromatic rings. The topological polar surface area (TPSA) is 69.0 Å². The fraction of sp³-hybridized carbons (Fsp3) is 0.412. The molecule has 1 aliphatic rings. The van der Waals surface area contributed by atoms with Gasteiger partial charge in [0, 0.05) is 32.5 Å². The average Bonchev–Trinajstić information content (AvgIpc) is 2.96. The zero-order chi connectivity index (χ0) is 19.4. The Labute approximate surface area is 158 Å². The largest absolute Gasteiger partial charge is 0.375 e. The number of halogens is 3. The van der Waals surface area contributed by atoms with Gasteiger partial charge in [-0.05, 0) is 13.0 Å². The van der Waals surface area contributed by atoms with Crippen LogP contribution in [0, 0.1) is 0 Å². The van der Waals surface area contributed by atoms with E-state index in [1.807, 2.05) is 11.8 Å². The van der Waals surface area contributed by atoms with Crippen LogP contribution in [0.1, 0.15) is 19.5 Å². The normalized spacial score (nSPS) is 16.6. The molecular formula is C17H17ClF2N6O. The average molecular weight is 395 g/mol. The van der Waals surface area contributed by atoms with Gasteiger partial charge in [0.1, 0.15) is 10.8 Å². The second kappa shape index (κ2) is 6.07. The second-order valence-electron chi connectivity index (χ2n) is 6.90. The Bertz CT molecular complexity index is 1010. The molecular weight excluding hydrogens is 378 g/mol. The van der Waals surface area contributed by atoms with E-state index < -0.39 is 5.92 Å². The van der Waals surface area contributed by atoms with Crippen LogP contribution in [0.4, 0.5) is 14.6 Å². The quantitative estimate of drug-likeness (QED) is 0.633. The summed E-state index contributed by atoms with van der Waals surface area (Å²) < 4.78 is 34.2. The summed E-state index contributed by atoms with van der Waals surface area (Å²) in [5, 5.41) is 5.56. The molecule has 0 aromatic carbocycles. The van der Waals surface area contributed by atoms with Crippen molar-refractivity contribution in [1.29, 1.82) is 0 Å². The fourth-order valence-electron chi connectivity index (χ4n) is 3.09. The number of pyridine rings is 1. The number of rotatable bonds is 4. The van der Waals surface area contributed by atoms with Crippen molar-refractivity contribution in [3.8, 4) is 5.95 Å². The Morgan fingerprint density at radius 3 is 2.70 bits per heavy atom. The Kier molecular flexibility index (Phi) is 4.04. The summed E-state index contributed by atoms with van der Waals surface area (Å²) >= 11 is 6.04. The molecule has 1 saturated heterocycles. The molecule has 4 rings (SSSR count). The minimum atomic E-state index is -3.08. The third kappa shape index (κ3) is 3.10. The van der Waals surface area contributed by atoms with Gasteiger partial charge in [-0.1, -0.05) is 11.6 Å². The highest BCUT2D eigenvalue weighted by Crippen LogP contribution is 2.35. The number of aromatic nitrogens is 5. The van der Waals surface area contributed by atoms with Crippen molar-refractivity contribution in [3.63, 3.8) is 0 Å². The summed E-state index contributed by atoms with van der Waals surface area (Å²) in [6.07, 6.45) is 2.90. The summed E-state index contributed by atoms with van der Waals surface area (Å²) in [7, 11) is 1.67. The number of fused-ring (bicyclic) bond motifs is 1. The van der Waals surface area contributed by atoms with Gasteiger partial charge in [0.25, 0.3) is 11.9 Å². The molecule has 0 spiro atoms. The third-order valence-corrected chi connectivity index (χ3v) is 4.84. The van der Waals surface area contributed by atoms with E-state index in [2.05, 4.69) is 20.1 Å².